The van der Waals surface area contributed by atoms with Gasteiger partial charge < -0.3 is 9.84 Å². The Labute approximate surface area is 128 Å². The molecular weight excluding hydrogens is 316 g/mol. The summed E-state index contributed by atoms with van der Waals surface area (Å²) in [7, 11) is 0. The number of ether oxygens (including phenoxy) is 1. The fourth-order valence-corrected chi connectivity index (χ4v) is 2.72. The first-order chi connectivity index (χ1) is 9.54. The van der Waals surface area contributed by atoms with Crippen LogP contribution in [0.5, 0.6) is 5.75 Å². The van der Waals surface area contributed by atoms with Gasteiger partial charge in [0.1, 0.15) is 11.9 Å². The molecule has 1 N–H and O–H groups in total. The normalized spacial score (nSPS) is 12.2. The maximum absolute atomic E-state index is 10.6. The molecular formula is C17H19BrO2. The molecule has 0 aromatic heterocycles. The van der Waals surface area contributed by atoms with Crippen LogP contribution in [0, 0.1) is 13.8 Å². The lowest BCUT2D eigenvalue weighted by Gasteiger charge is -2.17. The summed E-state index contributed by atoms with van der Waals surface area (Å²) in [6.07, 6.45) is -0.623. The first kappa shape index (κ1) is 15.1. The Morgan fingerprint density at radius 2 is 1.95 bits per heavy atom. The molecule has 106 valence electrons. The molecule has 0 fully saturated rings. The predicted octanol–water partition coefficient (Wildman–Crippen LogP) is 4.55. The highest BCUT2D eigenvalue weighted by molar-refractivity contribution is 9.10. The van der Waals surface area contributed by atoms with E-state index in [2.05, 4.69) is 28.9 Å². The van der Waals surface area contributed by atoms with Crippen molar-refractivity contribution in [1.29, 1.82) is 0 Å². The van der Waals surface area contributed by atoms with Gasteiger partial charge in [-0.15, -0.1) is 0 Å². The van der Waals surface area contributed by atoms with Crippen LogP contribution >= 0.6 is 15.9 Å². The average molecular weight is 335 g/mol. The van der Waals surface area contributed by atoms with Crippen molar-refractivity contribution >= 4 is 15.9 Å². The molecule has 2 rings (SSSR count). The SMILES string of the molecule is CCOc1ccc(C(O)c2cccc(C)c2C)cc1Br. The first-order valence-corrected chi connectivity index (χ1v) is 7.50. The molecule has 0 heterocycles. The van der Waals surface area contributed by atoms with Crippen molar-refractivity contribution in [3.8, 4) is 5.75 Å². The van der Waals surface area contributed by atoms with Crippen LogP contribution in [0.4, 0.5) is 0 Å². The molecule has 0 aliphatic carbocycles. The summed E-state index contributed by atoms with van der Waals surface area (Å²) in [6, 6.07) is 11.7. The number of aryl methyl sites for hydroxylation is 1. The minimum absolute atomic E-state index is 0.623. The smallest absolute Gasteiger partial charge is 0.133 e. The minimum atomic E-state index is -0.623. The Balaban J connectivity index is 2.36. The van der Waals surface area contributed by atoms with Gasteiger partial charge in [0, 0.05) is 0 Å². The van der Waals surface area contributed by atoms with Crippen LogP contribution < -0.4 is 4.74 Å². The molecule has 0 aliphatic heterocycles. The Morgan fingerprint density at radius 1 is 1.20 bits per heavy atom. The van der Waals surface area contributed by atoms with E-state index in [1.54, 1.807) is 0 Å². The molecule has 0 radical (unpaired) electrons. The van der Waals surface area contributed by atoms with Crippen LogP contribution in [0.15, 0.2) is 40.9 Å². The number of aliphatic hydroxyl groups excluding tert-OH is 1. The number of hydrogen-bond acceptors (Lipinski definition) is 2. The van der Waals surface area contributed by atoms with Gasteiger partial charge in [0.15, 0.2) is 0 Å². The minimum Gasteiger partial charge on any atom is -0.493 e. The van der Waals surface area contributed by atoms with Gasteiger partial charge in [-0.3, -0.25) is 0 Å². The van der Waals surface area contributed by atoms with Gasteiger partial charge in [0.2, 0.25) is 0 Å². The summed E-state index contributed by atoms with van der Waals surface area (Å²) in [5.41, 5.74) is 4.12. The quantitative estimate of drug-likeness (QED) is 0.888. The van der Waals surface area contributed by atoms with Gasteiger partial charge in [-0.05, 0) is 71.1 Å². The van der Waals surface area contributed by atoms with Crippen LogP contribution in [-0.2, 0) is 0 Å². The number of benzene rings is 2. The molecule has 0 saturated carbocycles. The number of halogens is 1. The Hall–Kier alpha value is -1.32. The molecule has 2 aromatic carbocycles. The fraction of sp³-hybridized carbons (Fsp3) is 0.294. The van der Waals surface area contributed by atoms with E-state index in [9.17, 15) is 5.11 Å². The van der Waals surface area contributed by atoms with Crippen molar-refractivity contribution in [2.75, 3.05) is 6.61 Å². The lowest BCUT2D eigenvalue weighted by molar-refractivity contribution is 0.219. The van der Waals surface area contributed by atoms with E-state index in [0.717, 1.165) is 26.9 Å². The number of aliphatic hydroxyl groups is 1. The van der Waals surface area contributed by atoms with Gasteiger partial charge in [-0.2, -0.15) is 0 Å². The highest BCUT2D eigenvalue weighted by Gasteiger charge is 2.15. The Bertz CT molecular complexity index is 608. The van der Waals surface area contributed by atoms with E-state index in [4.69, 9.17) is 4.74 Å². The average Bonchev–Trinajstić information content (AvgIpc) is 2.43. The van der Waals surface area contributed by atoms with Crippen molar-refractivity contribution < 1.29 is 9.84 Å². The molecule has 2 nitrogen and oxygen atoms in total. The highest BCUT2D eigenvalue weighted by Crippen LogP contribution is 2.32. The van der Waals surface area contributed by atoms with E-state index in [1.165, 1.54) is 5.56 Å². The van der Waals surface area contributed by atoms with Crippen molar-refractivity contribution in [3.63, 3.8) is 0 Å². The zero-order chi connectivity index (χ0) is 14.7. The zero-order valence-electron chi connectivity index (χ0n) is 12.0. The molecule has 2 aromatic rings. The molecule has 3 heteroatoms. The van der Waals surface area contributed by atoms with Crippen LogP contribution in [0.2, 0.25) is 0 Å². The van der Waals surface area contributed by atoms with Crippen LogP contribution in [0.1, 0.15) is 35.3 Å². The predicted molar refractivity (Wildman–Crippen MR) is 85.3 cm³/mol. The summed E-state index contributed by atoms with van der Waals surface area (Å²) in [6.45, 7) is 6.67. The molecule has 0 aliphatic rings. The Kier molecular flexibility index (Phi) is 4.84. The lowest BCUT2D eigenvalue weighted by atomic mass is 9.95. The molecule has 1 atom stereocenters. The fourth-order valence-electron chi connectivity index (χ4n) is 2.21. The lowest BCUT2D eigenvalue weighted by Crippen LogP contribution is -2.03. The third-order valence-corrected chi connectivity index (χ3v) is 4.13. The summed E-state index contributed by atoms with van der Waals surface area (Å²) in [5.74, 6) is 0.796. The monoisotopic (exact) mass is 334 g/mol. The van der Waals surface area contributed by atoms with Gasteiger partial charge in [0.25, 0.3) is 0 Å². The van der Waals surface area contributed by atoms with E-state index >= 15 is 0 Å². The topological polar surface area (TPSA) is 29.5 Å². The molecule has 0 bridgehead atoms. The first-order valence-electron chi connectivity index (χ1n) is 6.71. The highest BCUT2D eigenvalue weighted by atomic mass is 79.9. The summed E-state index contributed by atoms with van der Waals surface area (Å²) in [4.78, 5) is 0. The maximum atomic E-state index is 10.6. The largest absolute Gasteiger partial charge is 0.493 e. The van der Waals surface area contributed by atoms with Gasteiger partial charge in [-0.1, -0.05) is 24.3 Å². The van der Waals surface area contributed by atoms with E-state index in [1.807, 2.05) is 44.2 Å². The molecule has 0 saturated heterocycles. The van der Waals surface area contributed by atoms with Crippen molar-refractivity contribution in [2.45, 2.75) is 26.9 Å². The molecule has 1 unspecified atom stereocenters. The van der Waals surface area contributed by atoms with E-state index in [-0.39, 0.29) is 0 Å². The van der Waals surface area contributed by atoms with Gasteiger partial charge in [-0.25, -0.2) is 0 Å². The van der Waals surface area contributed by atoms with E-state index < -0.39 is 6.10 Å². The third kappa shape index (κ3) is 3.05. The van der Waals surface area contributed by atoms with Crippen molar-refractivity contribution in [1.82, 2.24) is 0 Å². The molecule has 0 amide bonds. The van der Waals surface area contributed by atoms with Crippen LogP contribution in [0.3, 0.4) is 0 Å². The number of rotatable bonds is 4. The van der Waals surface area contributed by atoms with Gasteiger partial charge in [0.05, 0.1) is 11.1 Å². The second-order valence-electron chi connectivity index (χ2n) is 4.81. The van der Waals surface area contributed by atoms with Crippen LogP contribution in [-0.4, -0.2) is 11.7 Å². The van der Waals surface area contributed by atoms with Crippen LogP contribution in [0.25, 0.3) is 0 Å². The van der Waals surface area contributed by atoms with Gasteiger partial charge >= 0.3 is 0 Å². The molecule has 20 heavy (non-hydrogen) atoms. The second-order valence-corrected chi connectivity index (χ2v) is 5.67. The zero-order valence-corrected chi connectivity index (χ0v) is 13.6. The summed E-state index contributed by atoms with van der Waals surface area (Å²) < 4.78 is 6.35. The summed E-state index contributed by atoms with van der Waals surface area (Å²) in [5, 5.41) is 10.6. The van der Waals surface area contributed by atoms with E-state index in [0.29, 0.717) is 6.61 Å². The standard InChI is InChI=1S/C17H19BrO2/c1-4-20-16-9-8-13(10-15(16)18)17(19)14-7-5-6-11(2)12(14)3/h5-10,17,19H,4H2,1-3H3. The second kappa shape index (κ2) is 6.42. The molecule has 0 spiro atoms. The number of hydrogen-bond donors (Lipinski definition) is 1. The van der Waals surface area contributed by atoms with Crippen molar-refractivity contribution in [2.24, 2.45) is 0 Å². The third-order valence-electron chi connectivity index (χ3n) is 3.51. The Morgan fingerprint density at radius 3 is 2.60 bits per heavy atom. The van der Waals surface area contributed by atoms with Crippen molar-refractivity contribution in [3.05, 3.63) is 63.1 Å². The summed E-state index contributed by atoms with van der Waals surface area (Å²) >= 11 is 3.49. The maximum Gasteiger partial charge on any atom is 0.133 e.